The van der Waals surface area contributed by atoms with E-state index in [1.54, 1.807) is 0 Å². The van der Waals surface area contributed by atoms with Crippen molar-refractivity contribution in [2.45, 2.75) is 38.3 Å². The Hall–Kier alpha value is -1.84. The lowest BCUT2D eigenvalue weighted by Gasteiger charge is -2.37. The van der Waals surface area contributed by atoms with Crippen molar-refractivity contribution >= 4 is 11.9 Å². The molecule has 1 heterocycles. The second kappa shape index (κ2) is 4.37. The molecular weight excluding hydrogens is 238 g/mol. The number of benzene rings is 1. The van der Waals surface area contributed by atoms with Gasteiger partial charge in [-0.05, 0) is 24.3 Å². The molecule has 2 fully saturated rings. The molecule has 0 aromatic heterocycles. The first-order valence-electron chi connectivity index (χ1n) is 6.86. The molecule has 0 bridgehead atoms. The van der Waals surface area contributed by atoms with Gasteiger partial charge in [0.15, 0.2) is 0 Å². The molecule has 4 heteroatoms. The van der Waals surface area contributed by atoms with Gasteiger partial charge in [0.1, 0.15) is 11.4 Å². The number of carbonyl (C=O) groups excluding carboxylic acids is 1. The van der Waals surface area contributed by atoms with Crippen molar-refractivity contribution in [2.24, 2.45) is 5.92 Å². The summed E-state index contributed by atoms with van der Waals surface area (Å²) in [7, 11) is 0. The Labute approximate surface area is 113 Å². The highest BCUT2D eigenvalue weighted by molar-refractivity contribution is 6.08. The maximum absolute atomic E-state index is 12.2. The zero-order valence-electron chi connectivity index (χ0n) is 11.1. The quantitative estimate of drug-likeness (QED) is 0.841. The number of rotatable bonds is 2. The van der Waals surface area contributed by atoms with E-state index >= 15 is 0 Å². The van der Waals surface area contributed by atoms with E-state index in [1.807, 2.05) is 35.2 Å². The zero-order valence-corrected chi connectivity index (χ0v) is 11.1. The van der Waals surface area contributed by atoms with Crippen molar-refractivity contribution in [3.8, 4) is 0 Å². The smallest absolute Gasteiger partial charge is 0.307 e. The number of amidine groups is 1. The van der Waals surface area contributed by atoms with Gasteiger partial charge in [-0.15, -0.1) is 0 Å². The van der Waals surface area contributed by atoms with Crippen molar-refractivity contribution in [3.63, 3.8) is 0 Å². The highest BCUT2D eigenvalue weighted by Crippen LogP contribution is 2.43. The first-order chi connectivity index (χ1) is 9.14. The zero-order chi connectivity index (χ0) is 13.5. The third kappa shape index (κ3) is 1.74. The maximum atomic E-state index is 12.2. The van der Waals surface area contributed by atoms with Crippen molar-refractivity contribution in [1.82, 2.24) is 10.2 Å². The topological polar surface area (TPSA) is 56.2 Å². The lowest BCUT2D eigenvalue weighted by molar-refractivity contribution is 0.148. The van der Waals surface area contributed by atoms with E-state index in [2.05, 4.69) is 12.2 Å². The first-order valence-corrected chi connectivity index (χ1v) is 6.86. The van der Waals surface area contributed by atoms with Gasteiger partial charge in [0, 0.05) is 6.54 Å². The van der Waals surface area contributed by atoms with Gasteiger partial charge in [-0.3, -0.25) is 10.7 Å². The number of amides is 2. The highest BCUT2D eigenvalue weighted by Gasteiger charge is 2.55. The van der Waals surface area contributed by atoms with E-state index in [9.17, 15) is 4.79 Å². The summed E-state index contributed by atoms with van der Waals surface area (Å²) in [6.45, 7) is 2.74. The molecule has 1 aliphatic carbocycles. The van der Waals surface area contributed by atoms with Gasteiger partial charge >= 0.3 is 6.03 Å². The number of hydrogen-bond acceptors (Lipinski definition) is 2. The summed E-state index contributed by atoms with van der Waals surface area (Å²) in [6, 6.07) is 9.88. The van der Waals surface area contributed by atoms with Gasteiger partial charge in [-0.1, -0.05) is 43.7 Å². The van der Waals surface area contributed by atoms with Crippen LogP contribution in [0, 0.1) is 11.3 Å². The molecule has 3 rings (SSSR count). The van der Waals surface area contributed by atoms with Crippen LogP contribution in [0.15, 0.2) is 30.3 Å². The summed E-state index contributed by atoms with van der Waals surface area (Å²) >= 11 is 0. The molecule has 1 saturated carbocycles. The van der Waals surface area contributed by atoms with Crippen LogP contribution in [-0.4, -0.2) is 22.3 Å². The molecule has 2 amide bonds. The Morgan fingerprint density at radius 3 is 2.79 bits per heavy atom. The number of nitrogens with zero attached hydrogens (tertiary/aromatic N) is 1. The number of nitrogens with one attached hydrogen (secondary N) is 2. The molecule has 2 aliphatic rings. The number of hydrogen-bond donors (Lipinski definition) is 2. The van der Waals surface area contributed by atoms with Crippen LogP contribution in [-0.2, 0) is 6.54 Å². The van der Waals surface area contributed by atoms with Crippen LogP contribution in [0.2, 0.25) is 0 Å². The van der Waals surface area contributed by atoms with E-state index in [4.69, 9.17) is 5.41 Å². The van der Waals surface area contributed by atoms with E-state index in [0.29, 0.717) is 18.3 Å². The van der Waals surface area contributed by atoms with Crippen LogP contribution < -0.4 is 5.32 Å². The lowest BCUT2D eigenvalue weighted by atomic mass is 9.86. The van der Waals surface area contributed by atoms with Crippen molar-refractivity contribution in [2.75, 3.05) is 0 Å². The summed E-state index contributed by atoms with van der Waals surface area (Å²) in [4.78, 5) is 14.0. The molecular formula is C15H19N3O. The molecule has 2 N–H and O–H groups in total. The summed E-state index contributed by atoms with van der Waals surface area (Å²) in [5.74, 6) is 0.737. The molecule has 2 unspecified atom stereocenters. The lowest BCUT2D eigenvalue weighted by Crippen LogP contribution is -2.51. The predicted molar refractivity (Wildman–Crippen MR) is 74.0 cm³/mol. The molecule has 1 saturated heterocycles. The van der Waals surface area contributed by atoms with E-state index in [-0.39, 0.29) is 6.03 Å². The first kappa shape index (κ1) is 12.2. The van der Waals surface area contributed by atoms with Gasteiger partial charge in [-0.25, -0.2) is 4.79 Å². The molecule has 1 aliphatic heterocycles. The highest BCUT2D eigenvalue weighted by atomic mass is 16.2. The summed E-state index contributed by atoms with van der Waals surface area (Å²) in [5.41, 5.74) is 0.721. The third-order valence-corrected chi connectivity index (χ3v) is 4.59. The average Bonchev–Trinajstić information content (AvgIpc) is 2.89. The standard InChI is InChI=1S/C15H19N3O/c1-11-6-5-9-15(11)13(16)17-14(19)18(15)10-12-7-3-2-4-8-12/h2-4,7-8,11H,5-6,9-10H2,1H3,(H2,16,17,19). The Morgan fingerprint density at radius 2 is 2.16 bits per heavy atom. The minimum Gasteiger partial charge on any atom is -0.307 e. The van der Waals surface area contributed by atoms with Gasteiger partial charge < -0.3 is 4.90 Å². The van der Waals surface area contributed by atoms with Crippen molar-refractivity contribution < 1.29 is 4.79 Å². The van der Waals surface area contributed by atoms with Crippen LogP contribution in [0.3, 0.4) is 0 Å². The average molecular weight is 257 g/mol. The van der Waals surface area contributed by atoms with Crippen LogP contribution >= 0.6 is 0 Å². The summed E-state index contributed by atoms with van der Waals surface area (Å²) in [6.07, 6.45) is 3.07. The molecule has 0 radical (unpaired) electrons. The summed E-state index contributed by atoms with van der Waals surface area (Å²) < 4.78 is 0. The third-order valence-electron chi connectivity index (χ3n) is 4.59. The molecule has 4 nitrogen and oxygen atoms in total. The second-order valence-corrected chi connectivity index (χ2v) is 5.59. The van der Waals surface area contributed by atoms with E-state index in [1.165, 1.54) is 0 Å². The van der Waals surface area contributed by atoms with Gasteiger partial charge in [-0.2, -0.15) is 0 Å². The molecule has 19 heavy (non-hydrogen) atoms. The monoisotopic (exact) mass is 257 g/mol. The molecule has 1 spiro atoms. The minimum atomic E-state index is -0.396. The summed E-state index contributed by atoms with van der Waals surface area (Å²) in [5, 5.41) is 10.9. The maximum Gasteiger partial charge on any atom is 0.323 e. The van der Waals surface area contributed by atoms with E-state index in [0.717, 1.165) is 24.8 Å². The fourth-order valence-electron chi connectivity index (χ4n) is 3.51. The van der Waals surface area contributed by atoms with Crippen LogP contribution in [0.1, 0.15) is 31.7 Å². The second-order valence-electron chi connectivity index (χ2n) is 5.59. The largest absolute Gasteiger partial charge is 0.323 e. The molecule has 2 atom stereocenters. The predicted octanol–water partition coefficient (Wildman–Crippen LogP) is 2.75. The van der Waals surface area contributed by atoms with Crippen LogP contribution in [0.4, 0.5) is 4.79 Å². The van der Waals surface area contributed by atoms with Gasteiger partial charge in [0.05, 0.1) is 0 Å². The Balaban J connectivity index is 1.94. The number of carbonyl (C=O) groups is 1. The SMILES string of the molecule is CC1CCCC12C(=N)NC(=O)N2Cc1ccccc1. The van der Waals surface area contributed by atoms with Gasteiger partial charge in [0.25, 0.3) is 0 Å². The van der Waals surface area contributed by atoms with E-state index < -0.39 is 5.54 Å². The normalized spacial score (nSPS) is 30.2. The van der Waals surface area contributed by atoms with Crippen LogP contribution in [0.5, 0.6) is 0 Å². The van der Waals surface area contributed by atoms with Crippen molar-refractivity contribution in [1.29, 1.82) is 5.41 Å². The Bertz CT molecular complexity index is 513. The number of urea groups is 1. The fourth-order valence-corrected chi connectivity index (χ4v) is 3.51. The fraction of sp³-hybridized carbons (Fsp3) is 0.467. The van der Waals surface area contributed by atoms with Crippen LogP contribution in [0.25, 0.3) is 0 Å². The van der Waals surface area contributed by atoms with Gasteiger partial charge in [0.2, 0.25) is 0 Å². The Kier molecular flexibility index (Phi) is 2.81. The van der Waals surface area contributed by atoms with Crippen molar-refractivity contribution in [3.05, 3.63) is 35.9 Å². The molecule has 1 aromatic carbocycles. The Morgan fingerprint density at radius 1 is 1.42 bits per heavy atom. The minimum absolute atomic E-state index is 0.123. The molecule has 1 aromatic rings. The molecule has 100 valence electrons.